The predicted octanol–water partition coefficient (Wildman–Crippen LogP) is 7.96. The Morgan fingerprint density at radius 2 is 1.33 bits per heavy atom. The molecule has 0 aromatic heterocycles. The van der Waals surface area contributed by atoms with Crippen molar-refractivity contribution in [2.24, 2.45) is 0 Å². The van der Waals surface area contributed by atoms with Crippen molar-refractivity contribution in [2.75, 3.05) is 5.75 Å². The number of allylic oxidation sites excluding steroid dienone is 4. The highest BCUT2D eigenvalue weighted by atomic mass is 35.5. The molecule has 0 bridgehead atoms. The second-order valence-corrected chi connectivity index (χ2v) is 4.66. The van der Waals surface area contributed by atoms with E-state index in [2.05, 4.69) is 0 Å². The van der Waals surface area contributed by atoms with Gasteiger partial charge in [0.25, 0.3) is 0 Å². The van der Waals surface area contributed by atoms with E-state index < -0.39 is 0 Å². The molecule has 4 heteroatoms. The average molecular weight is 340 g/mol. The van der Waals surface area contributed by atoms with Gasteiger partial charge < -0.3 is 0 Å². The molecule has 0 aromatic rings. The first-order chi connectivity index (χ1) is 9.91. The van der Waals surface area contributed by atoms with Crippen LogP contribution in [-0.4, -0.2) is 11.5 Å². The van der Waals surface area contributed by atoms with Crippen molar-refractivity contribution in [3.8, 4) is 0 Å². The van der Waals surface area contributed by atoms with E-state index >= 15 is 0 Å². The first-order valence-electron chi connectivity index (χ1n) is 7.74. The molecule has 128 valence electrons. The second-order valence-electron chi connectivity index (χ2n) is 3.66. The largest absolute Gasteiger partial charge is 0.299 e. The van der Waals surface area contributed by atoms with E-state index in [0.717, 1.165) is 16.7 Å². The summed E-state index contributed by atoms with van der Waals surface area (Å²) in [6, 6.07) is 0. The van der Waals surface area contributed by atoms with Crippen LogP contribution in [0, 0.1) is 5.41 Å². The molecule has 1 N–H and O–H groups in total. The van der Waals surface area contributed by atoms with Gasteiger partial charge in [-0.2, -0.15) is 3.89 Å². The first kappa shape index (κ1) is 28.8. The summed E-state index contributed by atoms with van der Waals surface area (Å²) in [5.74, 6) is 0.392. The lowest BCUT2D eigenvalue weighted by Crippen LogP contribution is -2.02. The van der Waals surface area contributed by atoms with Crippen LogP contribution in [0.25, 0.3) is 0 Å². The van der Waals surface area contributed by atoms with Crippen LogP contribution >= 0.6 is 23.7 Å². The van der Waals surface area contributed by atoms with Gasteiger partial charge in [-0.05, 0) is 39.7 Å². The first-order valence-corrected chi connectivity index (χ1v) is 9.00. The zero-order valence-corrected chi connectivity index (χ0v) is 17.2. The van der Waals surface area contributed by atoms with Crippen molar-refractivity contribution < 1.29 is 3.89 Å². The van der Waals surface area contributed by atoms with E-state index in [1.54, 1.807) is 0 Å². The van der Waals surface area contributed by atoms with Gasteiger partial charge in [-0.3, -0.25) is 5.41 Å². The molecule has 0 aliphatic heterocycles. The molecule has 0 atom stereocenters. The fourth-order valence-corrected chi connectivity index (χ4v) is 1.55. The van der Waals surface area contributed by atoms with Gasteiger partial charge in [0.15, 0.2) is 0 Å². The monoisotopic (exact) mass is 339 g/mol. The fourth-order valence-electron chi connectivity index (χ4n) is 0.929. The summed E-state index contributed by atoms with van der Waals surface area (Å²) in [6.45, 7) is 19.6. The molecule has 0 fully saturated rings. The summed E-state index contributed by atoms with van der Waals surface area (Å²) < 4.78 is 11.9. The molecular formula is C17H35ClFNS. The number of halogens is 2. The molecule has 0 rings (SSSR count). The maximum Gasteiger partial charge on any atom is 0.0754 e. The van der Waals surface area contributed by atoms with E-state index in [-0.39, 0.29) is 0 Å². The quantitative estimate of drug-likeness (QED) is 0.504. The molecule has 0 saturated heterocycles. The van der Waals surface area contributed by atoms with Crippen molar-refractivity contribution in [3.63, 3.8) is 0 Å². The zero-order chi connectivity index (χ0) is 18.0. The minimum absolute atomic E-state index is 0.298. The fraction of sp³-hybridized carbons (Fsp3) is 0.706. The molecule has 0 aliphatic rings. The maximum absolute atomic E-state index is 11.9. The van der Waals surface area contributed by atoms with Gasteiger partial charge in [-0.15, -0.1) is 0 Å². The Hall–Kier alpha value is -0.280. The molecule has 1 nitrogen and oxygen atoms in total. The Balaban J connectivity index is -0.000000212. The lowest BCUT2D eigenvalue weighted by molar-refractivity contribution is 0.925. The predicted molar refractivity (Wildman–Crippen MR) is 103 cm³/mol. The van der Waals surface area contributed by atoms with E-state index in [0.29, 0.717) is 35.1 Å². The van der Waals surface area contributed by atoms with Gasteiger partial charge >= 0.3 is 0 Å². The van der Waals surface area contributed by atoms with Gasteiger partial charge in [0.1, 0.15) is 0 Å². The van der Waals surface area contributed by atoms with E-state index in [4.69, 9.17) is 17.0 Å². The van der Waals surface area contributed by atoms with Crippen LogP contribution in [0.5, 0.6) is 0 Å². The van der Waals surface area contributed by atoms with Gasteiger partial charge in [0.05, 0.1) is 10.7 Å². The van der Waals surface area contributed by atoms with Crippen molar-refractivity contribution >= 4 is 29.5 Å². The lowest BCUT2D eigenvalue weighted by Gasteiger charge is -2.08. The second kappa shape index (κ2) is 22.0. The molecule has 21 heavy (non-hydrogen) atoms. The summed E-state index contributed by atoms with van der Waals surface area (Å²) in [7, 11) is 0. The molecule has 0 amide bonds. The lowest BCUT2D eigenvalue weighted by atomic mass is 10.0. The topological polar surface area (TPSA) is 23.9 Å². The molecule has 0 heterocycles. The molecule has 0 spiro atoms. The molecule has 0 aliphatic carbocycles. The van der Waals surface area contributed by atoms with E-state index in [1.165, 1.54) is 0 Å². The number of hydrogen-bond acceptors (Lipinski definition) is 2. The minimum Gasteiger partial charge on any atom is -0.299 e. The highest BCUT2D eigenvalue weighted by molar-refractivity contribution is 7.94. The van der Waals surface area contributed by atoms with E-state index in [9.17, 15) is 3.89 Å². The normalized spacial score (nSPS) is 9.52. The Morgan fingerprint density at radius 1 is 0.952 bits per heavy atom. The average Bonchev–Trinajstić information content (AvgIpc) is 2.55. The van der Waals surface area contributed by atoms with Crippen LogP contribution in [0.4, 0.5) is 3.89 Å². The molecular weight excluding hydrogens is 305 g/mol. The summed E-state index contributed by atoms with van der Waals surface area (Å²) in [4.78, 5) is 0. The van der Waals surface area contributed by atoms with Gasteiger partial charge in [-0.25, -0.2) is 0 Å². The minimum atomic E-state index is 0.298. The maximum atomic E-state index is 11.9. The van der Waals surface area contributed by atoms with Crippen molar-refractivity contribution in [1.29, 1.82) is 5.41 Å². The van der Waals surface area contributed by atoms with Crippen molar-refractivity contribution in [2.45, 2.75) is 75.7 Å². The third-order valence-electron chi connectivity index (χ3n) is 2.27. The molecule has 0 saturated carbocycles. The Morgan fingerprint density at radius 3 is 1.62 bits per heavy atom. The van der Waals surface area contributed by atoms with Crippen LogP contribution in [0.1, 0.15) is 75.7 Å². The SMILES string of the molecule is CC.CC.CC.CC(C)=C(C)C(=N)/C(Cl)=C(\C)CCSF. The van der Waals surface area contributed by atoms with Crippen LogP contribution in [0.2, 0.25) is 0 Å². The summed E-state index contributed by atoms with van der Waals surface area (Å²) in [5.41, 5.74) is 3.17. The third kappa shape index (κ3) is 15.9. The highest BCUT2D eigenvalue weighted by Gasteiger charge is 2.09. The Kier molecular flexibility index (Phi) is 30.2. The van der Waals surface area contributed by atoms with Crippen LogP contribution in [-0.2, 0) is 0 Å². The summed E-state index contributed by atoms with van der Waals surface area (Å²) in [5, 5.41) is 8.30. The zero-order valence-electron chi connectivity index (χ0n) is 15.6. The van der Waals surface area contributed by atoms with Crippen LogP contribution in [0.3, 0.4) is 0 Å². The standard InChI is InChI=1S/C11H17ClFNS.3C2H6/c1-7(2)9(4)11(14)10(12)8(3)5-6-15-13;3*1-2/h14H,5-6H2,1-4H3;3*1-2H3/b10-8-,14-11?;;;. The molecule has 0 unspecified atom stereocenters. The number of rotatable bonds is 5. The van der Waals surface area contributed by atoms with Crippen molar-refractivity contribution in [1.82, 2.24) is 0 Å². The van der Waals surface area contributed by atoms with Crippen LogP contribution in [0.15, 0.2) is 21.8 Å². The Labute approximate surface area is 142 Å². The van der Waals surface area contributed by atoms with Gasteiger partial charge in [-0.1, -0.05) is 64.3 Å². The van der Waals surface area contributed by atoms with Gasteiger partial charge in [0, 0.05) is 17.9 Å². The number of nitrogens with one attached hydrogen (secondary N) is 1. The van der Waals surface area contributed by atoms with Gasteiger partial charge in [0.2, 0.25) is 0 Å². The smallest absolute Gasteiger partial charge is 0.0754 e. The third-order valence-corrected chi connectivity index (χ3v) is 3.14. The van der Waals surface area contributed by atoms with E-state index in [1.807, 2.05) is 69.2 Å². The molecule has 0 radical (unpaired) electrons. The summed E-state index contributed by atoms with van der Waals surface area (Å²) >= 11 is 6.34. The summed E-state index contributed by atoms with van der Waals surface area (Å²) in [6.07, 6.45) is 0.582. The van der Waals surface area contributed by atoms with Crippen LogP contribution < -0.4 is 0 Å². The molecule has 0 aromatic carbocycles. The van der Waals surface area contributed by atoms with Crippen molar-refractivity contribution in [3.05, 3.63) is 21.8 Å². The highest BCUT2D eigenvalue weighted by Crippen LogP contribution is 2.21. The number of hydrogen-bond donors (Lipinski definition) is 1. The Bertz CT molecular complexity index is 306.